The fourth-order valence-electron chi connectivity index (χ4n) is 2.25. The molecule has 26 heavy (non-hydrogen) atoms. The van der Waals surface area contributed by atoms with E-state index in [1.807, 2.05) is 0 Å². The zero-order valence-electron chi connectivity index (χ0n) is 14.7. The number of carbonyl (C=O) groups excluding carboxylic acids is 2. The molecule has 0 aliphatic carbocycles. The Balaban J connectivity index is 0.00000312. The number of nitrogens with one attached hydrogen (secondary N) is 1. The summed E-state index contributed by atoms with van der Waals surface area (Å²) >= 11 is 0. The minimum atomic E-state index is -0.477. The third kappa shape index (κ3) is 5.82. The third-order valence-electron chi connectivity index (χ3n) is 3.55. The van der Waals surface area contributed by atoms with E-state index in [1.54, 1.807) is 55.3 Å². The maximum Gasteiger partial charge on any atom is 0.247 e. The number of methoxy groups -OCH3 is 1. The first-order valence-corrected chi connectivity index (χ1v) is 7.40. The summed E-state index contributed by atoms with van der Waals surface area (Å²) in [5.41, 5.74) is 6.76. The van der Waals surface area contributed by atoms with Crippen molar-refractivity contribution >= 4 is 48.0 Å². The second-order valence-corrected chi connectivity index (χ2v) is 5.36. The lowest BCUT2D eigenvalue weighted by molar-refractivity contribution is -0.136. The zero-order valence-corrected chi connectivity index (χ0v) is 16.3. The average molecular weight is 404 g/mol. The first-order chi connectivity index (χ1) is 11.4. The molecule has 0 bridgehead atoms. The number of halogens is 2. The molecule has 1 aromatic carbocycles. The van der Waals surface area contributed by atoms with Gasteiger partial charge in [-0.1, -0.05) is 0 Å². The second kappa shape index (κ2) is 10.5. The van der Waals surface area contributed by atoms with Crippen LogP contribution in [-0.2, 0) is 9.59 Å². The highest BCUT2D eigenvalue weighted by Crippen LogP contribution is 2.24. The Morgan fingerprint density at radius 3 is 2.62 bits per heavy atom. The molecule has 0 fully saturated rings. The standard InChI is InChI=1S/C16H21N5O3.2ClH/c1-11(21-8-4-7-18-21)16(23)20(2)10-15(22)19-12-5-6-14(24-3)13(17)9-12;;/h4-9,11H,10,17H2,1-3H3,(H,19,22);2*1H. The van der Waals surface area contributed by atoms with Crippen molar-refractivity contribution in [2.45, 2.75) is 13.0 Å². The zero-order chi connectivity index (χ0) is 17.7. The fourth-order valence-corrected chi connectivity index (χ4v) is 2.25. The Kier molecular flexibility index (Phi) is 9.53. The lowest BCUT2D eigenvalue weighted by Crippen LogP contribution is -2.38. The van der Waals surface area contributed by atoms with E-state index in [1.165, 1.54) is 12.0 Å². The smallest absolute Gasteiger partial charge is 0.247 e. The summed E-state index contributed by atoms with van der Waals surface area (Å²) < 4.78 is 6.61. The second-order valence-electron chi connectivity index (χ2n) is 5.36. The average Bonchev–Trinajstić information content (AvgIpc) is 3.07. The molecule has 2 rings (SSSR count). The van der Waals surface area contributed by atoms with E-state index >= 15 is 0 Å². The van der Waals surface area contributed by atoms with E-state index in [2.05, 4.69) is 10.4 Å². The number of anilines is 2. The number of carbonyl (C=O) groups is 2. The Labute approximate surface area is 164 Å². The van der Waals surface area contributed by atoms with E-state index in [0.29, 0.717) is 17.1 Å². The predicted molar refractivity (Wildman–Crippen MR) is 105 cm³/mol. The fraction of sp³-hybridized carbons (Fsp3) is 0.312. The molecule has 8 nitrogen and oxygen atoms in total. The van der Waals surface area contributed by atoms with Gasteiger partial charge in [0, 0.05) is 25.1 Å². The highest BCUT2D eigenvalue weighted by atomic mass is 35.5. The summed E-state index contributed by atoms with van der Waals surface area (Å²) in [6.45, 7) is 1.66. The van der Waals surface area contributed by atoms with Crippen molar-refractivity contribution in [3.8, 4) is 5.75 Å². The quantitative estimate of drug-likeness (QED) is 0.717. The van der Waals surface area contributed by atoms with Crippen LogP contribution < -0.4 is 15.8 Å². The van der Waals surface area contributed by atoms with Crippen LogP contribution in [-0.4, -0.2) is 47.2 Å². The van der Waals surface area contributed by atoms with Crippen LogP contribution in [0, 0.1) is 0 Å². The third-order valence-corrected chi connectivity index (χ3v) is 3.55. The van der Waals surface area contributed by atoms with Gasteiger partial charge in [-0.05, 0) is 31.2 Å². The molecular formula is C16H23Cl2N5O3. The van der Waals surface area contributed by atoms with Gasteiger partial charge in [0.2, 0.25) is 11.8 Å². The van der Waals surface area contributed by atoms with Crippen LogP contribution in [0.15, 0.2) is 36.7 Å². The van der Waals surface area contributed by atoms with Crippen LogP contribution in [0.4, 0.5) is 11.4 Å². The van der Waals surface area contributed by atoms with Gasteiger partial charge in [0.25, 0.3) is 0 Å². The van der Waals surface area contributed by atoms with Crippen molar-refractivity contribution in [3.05, 3.63) is 36.7 Å². The van der Waals surface area contributed by atoms with E-state index in [0.717, 1.165) is 0 Å². The molecule has 10 heteroatoms. The largest absolute Gasteiger partial charge is 0.495 e. The van der Waals surface area contributed by atoms with Gasteiger partial charge >= 0.3 is 0 Å². The normalized spacial score (nSPS) is 10.7. The number of amides is 2. The highest BCUT2D eigenvalue weighted by Gasteiger charge is 2.21. The van der Waals surface area contributed by atoms with Crippen LogP contribution in [0.5, 0.6) is 5.75 Å². The van der Waals surface area contributed by atoms with Crippen molar-refractivity contribution in [1.82, 2.24) is 14.7 Å². The first kappa shape index (κ1) is 23.5. The van der Waals surface area contributed by atoms with Crippen molar-refractivity contribution in [1.29, 1.82) is 0 Å². The summed E-state index contributed by atoms with van der Waals surface area (Å²) in [6.07, 6.45) is 3.31. The molecule has 0 saturated heterocycles. The Morgan fingerprint density at radius 1 is 1.38 bits per heavy atom. The first-order valence-electron chi connectivity index (χ1n) is 7.40. The molecule has 0 aliphatic heterocycles. The predicted octanol–water partition coefficient (Wildman–Crippen LogP) is 1.98. The molecule has 1 heterocycles. The molecular weight excluding hydrogens is 381 g/mol. The summed E-state index contributed by atoms with van der Waals surface area (Å²) in [5, 5.41) is 6.74. The molecule has 1 aromatic heterocycles. The van der Waals surface area contributed by atoms with E-state index in [4.69, 9.17) is 10.5 Å². The van der Waals surface area contributed by atoms with Crippen LogP contribution >= 0.6 is 24.8 Å². The lowest BCUT2D eigenvalue weighted by Gasteiger charge is -2.21. The van der Waals surface area contributed by atoms with Gasteiger partial charge in [-0.3, -0.25) is 14.3 Å². The van der Waals surface area contributed by atoms with Gasteiger partial charge in [-0.25, -0.2) is 0 Å². The van der Waals surface area contributed by atoms with E-state index in [9.17, 15) is 9.59 Å². The molecule has 1 unspecified atom stereocenters. The van der Waals surface area contributed by atoms with Crippen LogP contribution in [0.1, 0.15) is 13.0 Å². The van der Waals surface area contributed by atoms with Crippen molar-refractivity contribution < 1.29 is 14.3 Å². The summed E-state index contributed by atoms with van der Waals surface area (Å²) in [7, 11) is 3.09. The molecule has 2 amide bonds. The number of aromatic nitrogens is 2. The van der Waals surface area contributed by atoms with Gasteiger partial charge in [0.05, 0.1) is 19.3 Å². The Bertz CT molecular complexity index is 725. The number of rotatable bonds is 6. The minimum Gasteiger partial charge on any atom is -0.495 e. The van der Waals surface area contributed by atoms with Gasteiger partial charge in [0.1, 0.15) is 11.8 Å². The van der Waals surface area contributed by atoms with E-state index < -0.39 is 6.04 Å². The summed E-state index contributed by atoms with van der Waals surface area (Å²) in [6, 6.07) is 6.21. The Hall–Kier alpha value is -2.45. The van der Waals surface area contributed by atoms with Gasteiger partial charge < -0.3 is 20.7 Å². The number of nitrogen functional groups attached to an aromatic ring is 1. The summed E-state index contributed by atoms with van der Waals surface area (Å²) in [4.78, 5) is 25.8. The van der Waals surface area contributed by atoms with Gasteiger partial charge in [-0.2, -0.15) is 5.10 Å². The van der Waals surface area contributed by atoms with Gasteiger partial charge in [-0.15, -0.1) is 24.8 Å². The van der Waals surface area contributed by atoms with Crippen molar-refractivity contribution in [2.75, 3.05) is 31.8 Å². The molecule has 2 aromatic rings. The number of nitrogens with zero attached hydrogens (tertiary/aromatic N) is 3. The minimum absolute atomic E-state index is 0. The molecule has 3 N–H and O–H groups in total. The number of ether oxygens (including phenoxy) is 1. The summed E-state index contributed by atoms with van der Waals surface area (Å²) in [5.74, 6) is 0.0134. The number of likely N-dealkylation sites (N-methyl/N-ethyl adjacent to an activating group) is 1. The van der Waals surface area contributed by atoms with Gasteiger partial charge in [0.15, 0.2) is 0 Å². The monoisotopic (exact) mass is 403 g/mol. The van der Waals surface area contributed by atoms with Crippen molar-refractivity contribution in [3.63, 3.8) is 0 Å². The number of nitrogens with two attached hydrogens (primary N) is 1. The molecule has 0 saturated carbocycles. The van der Waals surface area contributed by atoms with Crippen LogP contribution in [0.3, 0.4) is 0 Å². The lowest BCUT2D eigenvalue weighted by atomic mass is 10.2. The topological polar surface area (TPSA) is 102 Å². The molecule has 0 spiro atoms. The molecule has 1 atom stereocenters. The number of benzene rings is 1. The maximum atomic E-state index is 12.3. The van der Waals surface area contributed by atoms with Crippen LogP contribution in [0.2, 0.25) is 0 Å². The molecule has 144 valence electrons. The molecule has 0 aliphatic rings. The number of hydrogen-bond acceptors (Lipinski definition) is 5. The van der Waals surface area contributed by atoms with Crippen LogP contribution in [0.25, 0.3) is 0 Å². The molecule has 0 radical (unpaired) electrons. The SMILES string of the molecule is COc1ccc(NC(=O)CN(C)C(=O)C(C)n2cccn2)cc1N.Cl.Cl. The highest BCUT2D eigenvalue weighted by molar-refractivity contribution is 5.95. The Morgan fingerprint density at radius 2 is 2.08 bits per heavy atom. The maximum absolute atomic E-state index is 12.3. The van der Waals surface area contributed by atoms with Crippen molar-refractivity contribution in [2.24, 2.45) is 0 Å². The number of hydrogen-bond donors (Lipinski definition) is 2. The van der Waals surface area contributed by atoms with E-state index in [-0.39, 0.29) is 43.2 Å².